The van der Waals surface area contributed by atoms with E-state index < -0.39 is 40.7 Å². The number of carbonyl (C=O) groups is 1. The predicted octanol–water partition coefficient (Wildman–Crippen LogP) is 5.62. The Balaban J connectivity index is 1.96. The third-order valence-electron chi connectivity index (χ3n) is 6.14. The van der Waals surface area contributed by atoms with Gasteiger partial charge in [-0.2, -0.15) is 4.31 Å². The molecule has 0 N–H and O–H groups in total. The van der Waals surface area contributed by atoms with Crippen LogP contribution in [0.1, 0.15) is 51.7 Å². The van der Waals surface area contributed by atoms with E-state index >= 15 is 0 Å². The number of carbonyl (C=O) groups excluding carboxylic acids is 1. The molecule has 3 rings (SSSR count). The fraction of sp³-hybridized carbons (Fsp3) is 0.519. The number of benzene rings is 2. The van der Waals surface area contributed by atoms with Crippen molar-refractivity contribution in [2.75, 3.05) is 19.3 Å². The first-order chi connectivity index (χ1) is 16.9. The van der Waals surface area contributed by atoms with Crippen molar-refractivity contribution in [3.63, 3.8) is 0 Å². The van der Waals surface area contributed by atoms with Crippen LogP contribution in [-0.2, 0) is 35.1 Å². The first kappa shape index (κ1) is 28.6. The maximum Gasteiger partial charge on any atom is 0.310 e. The molecule has 2 unspecified atom stereocenters. The van der Waals surface area contributed by atoms with Gasteiger partial charge in [0.1, 0.15) is 11.4 Å². The summed E-state index contributed by atoms with van der Waals surface area (Å²) < 4.78 is 54.5. The number of rotatable bonds is 10. The van der Waals surface area contributed by atoms with Crippen LogP contribution in [0.5, 0.6) is 0 Å². The van der Waals surface area contributed by atoms with Crippen molar-refractivity contribution >= 4 is 23.4 Å². The van der Waals surface area contributed by atoms with Crippen LogP contribution in [0, 0.1) is 12.8 Å². The molecule has 198 valence electrons. The summed E-state index contributed by atoms with van der Waals surface area (Å²) in [6.07, 6.45) is 1.22. The second kappa shape index (κ2) is 11.6. The molecule has 0 bridgehead atoms. The van der Waals surface area contributed by atoms with Gasteiger partial charge >= 0.3 is 5.97 Å². The lowest BCUT2D eigenvalue weighted by Crippen LogP contribution is -2.38. The Morgan fingerprint density at radius 1 is 1.11 bits per heavy atom. The van der Waals surface area contributed by atoms with Gasteiger partial charge in [0.25, 0.3) is 0 Å². The van der Waals surface area contributed by atoms with E-state index in [0.29, 0.717) is 19.3 Å². The zero-order valence-corrected chi connectivity index (χ0v) is 23.6. The molecule has 2 aromatic rings. The molecule has 2 aromatic carbocycles. The lowest BCUT2D eigenvalue weighted by Gasteiger charge is -2.33. The Morgan fingerprint density at radius 3 is 2.33 bits per heavy atom. The van der Waals surface area contributed by atoms with Crippen LogP contribution in [0.3, 0.4) is 0 Å². The molecule has 1 aliphatic heterocycles. The Bertz CT molecular complexity index is 1170. The molecule has 7 nitrogen and oxygen atoms in total. The summed E-state index contributed by atoms with van der Waals surface area (Å²) in [5.41, 5.74) is 1.15. The molecule has 9 heteroatoms. The van der Waals surface area contributed by atoms with Crippen LogP contribution in [0.25, 0.3) is 0 Å². The molecule has 3 atom stereocenters. The highest BCUT2D eigenvalue weighted by atomic mass is 32.2. The molecule has 1 fully saturated rings. The van der Waals surface area contributed by atoms with E-state index in [1.54, 1.807) is 52.0 Å². The van der Waals surface area contributed by atoms with Crippen molar-refractivity contribution in [1.29, 1.82) is 0 Å². The molecule has 0 radical (unpaired) electrons. The van der Waals surface area contributed by atoms with Gasteiger partial charge in [-0.15, -0.1) is 0 Å². The van der Waals surface area contributed by atoms with Gasteiger partial charge in [0.05, 0.1) is 17.4 Å². The van der Waals surface area contributed by atoms with Crippen LogP contribution in [-0.4, -0.2) is 49.4 Å². The summed E-state index contributed by atoms with van der Waals surface area (Å²) in [4.78, 5) is 13.4. The van der Waals surface area contributed by atoms with E-state index in [9.17, 15) is 17.8 Å². The molecule has 1 aliphatic rings. The van der Waals surface area contributed by atoms with Gasteiger partial charge < -0.3 is 9.26 Å². The first-order valence-corrected chi connectivity index (χ1v) is 15.8. The summed E-state index contributed by atoms with van der Waals surface area (Å²) >= 11 is 0. The number of sulfonamides is 1. The van der Waals surface area contributed by atoms with E-state index in [4.69, 9.17) is 9.26 Å². The third kappa shape index (κ3) is 7.06. The minimum Gasteiger partial charge on any atom is -0.460 e. The largest absolute Gasteiger partial charge is 0.460 e. The summed E-state index contributed by atoms with van der Waals surface area (Å²) in [7, 11) is -7.50. The van der Waals surface area contributed by atoms with Gasteiger partial charge in [0.15, 0.2) is 0 Å². The van der Waals surface area contributed by atoms with E-state index in [2.05, 4.69) is 0 Å². The van der Waals surface area contributed by atoms with Gasteiger partial charge in [-0.25, -0.2) is 8.42 Å². The van der Waals surface area contributed by atoms with Crippen LogP contribution in [0.15, 0.2) is 59.5 Å². The number of hydrogen-bond donors (Lipinski definition) is 0. The quantitative estimate of drug-likeness (QED) is 0.290. The summed E-state index contributed by atoms with van der Waals surface area (Å²) in [5, 5.41) is 0. The van der Waals surface area contributed by atoms with Crippen molar-refractivity contribution in [2.24, 2.45) is 5.92 Å². The third-order valence-corrected chi connectivity index (χ3v) is 11.3. The molecule has 1 heterocycles. The lowest BCUT2D eigenvalue weighted by molar-refractivity contribution is -0.159. The van der Waals surface area contributed by atoms with Gasteiger partial charge in [-0.1, -0.05) is 48.0 Å². The average Bonchev–Trinajstić information content (AvgIpc) is 3.31. The first-order valence-electron chi connectivity index (χ1n) is 12.4. The molecule has 0 amide bonds. The normalized spacial score (nSPS) is 19.5. The average molecular weight is 536 g/mol. The SMILES string of the molecule is CCOP(=O)(C[C@H](Cc1ccccc1)C(=O)OC(C)(C)C)C1CCCN1S(=O)(=O)c1ccc(C)cc1. The Kier molecular flexibility index (Phi) is 9.20. The topological polar surface area (TPSA) is 90.0 Å². The molecular formula is C27H38NO6PS. The summed E-state index contributed by atoms with van der Waals surface area (Å²) in [6, 6.07) is 16.1. The Morgan fingerprint density at radius 2 is 1.75 bits per heavy atom. The minimum absolute atomic E-state index is 0.0881. The molecule has 0 spiro atoms. The number of ether oxygens (including phenoxy) is 1. The molecule has 0 aliphatic carbocycles. The zero-order valence-electron chi connectivity index (χ0n) is 21.8. The van der Waals surface area contributed by atoms with Crippen molar-refractivity contribution < 1.29 is 27.0 Å². The van der Waals surface area contributed by atoms with Crippen LogP contribution >= 0.6 is 7.37 Å². The van der Waals surface area contributed by atoms with Crippen LogP contribution in [0.4, 0.5) is 0 Å². The lowest BCUT2D eigenvalue weighted by atomic mass is 10.0. The number of nitrogens with zero attached hydrogens (tertiary/aromatic N) is 1. The van der Waals surface area contributed by atoms with E-state index in [1.807, 2.05) is 37.3 Å². The fourth-order valence-corrected chi connectivity index (χ4v) is 9.82. The smallest absolute Gasteiger partial charge is 0.310 e. The second-order valence-corrected chi connectivity index (χ2v) is 14.9. The van der Waals surface area contributed by atoms with Gasteiger partial charge in [0.2, 0.25) is 17.4 Å². The van der Waals surface area contributed by atoms with Gasteiger partial charge in [0, 0.05) is 12.7 Å². The standard InChI is InChI=1S/C27H38NO6PS/c1-6-33-35(30,20-23(26(29)34-27(3,4)5)19-22-11-8-7-9-12-22)25-13-10-18-28(25)36(31,32)24-16-14-21(2)15-17-24/h7-9,11-12,14-17,23,25H,6,10,13,18-20H2,1-5H3/t23-,25?,35?/m0/s1. The van der Waals surface area contributed by atoms with Gasteiger partial charge in [-0.05, 0) is 71.6 Å². The Labute approximate surface area is 215 Å². The molecule has 1 saturated heterocycles. The monoisotopic (exact) mass is 535 g/mol. The maximum absolute atomic E-state index is 14.5. The zero-order chi connectivity index (χ0) is 26.6. The number of esters is 1. The van der Waals surface area contributed by atoms with E-state index in [0.717, 1.165) is 11.1 Å². The van der Waals surface area contributed by atoms with Crippen LogP contribution < -0.4 is 0 Å². The number of hydrogen-bond acceptors (Lipinski definition) is 6. The summed E-state index contributed by atoms with van der Waals surface area (Å²) in [6.45, 7) is 9.41. The molecular weight excluding hydrogens is 497 g/mol. The minimum atomic E-state index is -3.88. The van der Waals surface area contributed by atoms with Crippen molar-refractivity contribution in [1.82, 2.24) is 4.31 Å². The predicted molar refractivity (Wildman–Crippen MR) is 142 cm³/mol. The van der Waals surface area contributed by atoms with Crippen LogP contribution in [0.2, 0.25) is 0 Å². The second-order valence-electron chi connectivity index (χ2n) is 10.3. The highest BCUT2D eigenvalue weighted by Crippen LogP contribution is 2.59. The highest BCUT2D eigenvalue weighted by Gasteiger charge is 2.48. The van der Waals surface area contributed by atoms with E-state index in [-0.39, 0.29) is 24.2 Å². The summed E-state index contributed by atoms with van der Waals surface area (Å²) in [5.74, 6) is -2.03. The van der Waals surface area contributed by atoms with Crippen molar-refractivity contribution in [3.8, 4) is 0 Å². The maximum atomic E-state index is 14.5. The Hall–Kier alpha value is -1.99. The molecule has 36 heavy (non-hydrogen) atoms. The number of aryl methyl sites for hydroxylation is 1. The van der Waals surface area contributed by atoms with E-state index in [1.165, 1.54) is 4.31 Å². The fourth-order valence-electron chi connectivity index (χ4n) is 4.53. The van der Waals surface area contributed by atoms with Crippen molar-refractivity contribution in [2.45, 2.75) is 70.2 Å². The molecule has 0 aromatic heterocycles. The molecule has 0 saturated carbocycles. The van der Waals surface area contributed by atoms with Crippen molar-refractivity contribution in [3.05, 3.63) is 65.7 Å². The highest BCUT2D eigenvalue weighted by molar-refractivity contribution is 7.89. The van der Waals surface area contributed by atoms with Gasteiger partial charge in [-0.3, -0.25) is 9.36 Å².